The van der Waals surface area contributed by atoms with E-state index in [-0.39, 0.29) is 18.4 Å². The van der Waals surface area contributed by atoms with Gasteiger partial charge in [0, 0.05) is 18.7 Å². The van der Waals surface area contributed by atoms with E-state index in [0.717, 1.165) is 28.0 Å². The van der Waals surface area contributed by atoms with Crippen LogP contribution in [0, 0.1) is 20.8 Å². The molecule has 0 radical (unpaired) electrons. The molecule has 0 saturated heterocycles. The number of carbonyl (C=O) groups is 2. The average Bonchev–Trinajstić information content (AvgIpc) is 2.94. The van der Waals surface area contributed by atoms with Crippen molar-refractivity contribution in [3.8, 4) is 0 Å². The van der Waals surface area contributed by atoms with Crippen molar-refractivity contribution in [2.45, 2.75) is 27.3 Å². The van der Waals surface area contributed by atoms with Gasteiger partial charge in [0.15, 0.2) is 0 Å². The number of fused-ring (bicyclic) bond motifs is 1. The largest absolute Gasteiger partial charge is 0.353 e. The van der Waals surface area contributed by atoms with Gasteiger partial charge in [-0.2, -0.15) is 0 Å². The molecule has 0 aliphatic heterocycles. The van der Waals surface area contributed by atoms with Gasteiger partial charge >= 0.3 is 0 Å². The number of nitrogens with one attached hydrogen (secondary N) is 2. The van der Waals surface area contributed by atoms with Gasteiger partial charge in [0.05, 0.1) is 17.6 Å². The lowest BCUT2D eigenvalue weighted by Crippen LogP contribution is -2.38. The first kappa shape index (κ1) is 18.6. The number of hydrogen-bond donors (Lipinski definition) is 2. The third-order valence-electron chi connectivity index (χ3n) is 4.40. The first-order valence-corrected chi connectivity index (χ1v) is 8.99. The molecule has 0 bridgehead atoms. The van der Waals surface area contributed by atoms with E-state index in [9.17, 15) is 9.59 Å². The van der Waals surface area contributed by atoms with Crippen molar-refractivity contribution >= 4 is 22.8 Å². The fraction of sp³-hybridized carbons (Fsp3) is 0.286. The van der Waals surface area contributed by atoms with Crippen molar-refractivity contribution in [2.75, 3.05) is 13.1 Å². The molecular formula is C21H24N4O2. The highest BCUT2D eigenvalue weighted by Crippen LogP contribution is 2.14. The van der Waals surface area contributed by atoms with E-state index >= 15 is 0 Å². The second-order valence-corrected chi connectivity index (χ2v) is 6.71. The highest BCUT2D eigenvalue weighted by Gasteiger charge is 2.10. The minimum atomic E-state index is -0.242. The Kier molecular flexibility index (Phi) is 5.54. The number of nitrogens with zero attached hydrogens (tertiary/aromatic N) is 2. The molecule has 0 atom stereocenters. The van der Waals surface area contributed by atoms with Crippen LogP contribution in [0.3, 0.4) is 0 Å². The highest BCUT2D eigenvalue weighted by atomic mass is 16.2. The van der Waals surface area contributed by atoms with Gasteiger partial charge in [-0.25, -0.2) is 4.98 Å². The molecule has 0 spiro atoms. The topological polar surface area (TPSA) is 76.0 Å². The van der Waals surface area contributed by atoms with Gasteiger partial charge in [-0.05, 0) is 45.0 Å². The summed E-state index contributed by atoms with van der Waals surface area (Å²) in [5.41, 5.74) is 4.61. The molecule has 3 aromatic rings. The van der Waals surface area contributed by atoms with Crippen LogP contribution >= 0.6 is 0 Å². The minimum absolute atomic E-state index is 0.0461. The molecule has 140 valence electrons. The Balaban J connectivity index is 1.50. The number of imidazole rings is 1. The van der Waals surface area contributed by atoms with Gasteiger partial charge in [-0.3, -0.25) is 9.59 Å². The van der Waals surface area contributed by atoms with Gasteiger partial charge in [0.25, 0.3) is 5.91 Å². The number of carbonyl (C=O) groups excluding carboxylic acids is 2. The summed E-state index contributed by atoms with van der Waals surface area (Å²) in [4.78, 5) is 28.8. The maximum absolute atomic E-state index is 12.2. The fourth-order valence-electron chi connectivity index (χ4n) is 3.22. The third-order valence-corrected chi connectivity index (χ3v) is 4.40. The van der Waals surface area contributed by atoms with E-state index in [1.807, 2.05) is 63.2 Å². The predicted molar refractivity (Wildman–Crippen MR) is 106 cm³/mol. The quantitative estimate of drug-likeness (QED) is 0.706. The Morgan fingerprint density at radius 1 is 1.00 bits per heavy atom. The summed E-state index contributed by atoms with van der Waals surface area (Å²) in [6, 6.07) is 13.5. The van der Waals surface area contributed by atoms with Crippen LogP contribution in [0.1, 0.15) is 27.3 Å². The first-order chi connectivity index (χ1) is 12.9. The smallest absolute Gasteiger partial charge is 0.251 e. The Hall–Kier alpha value is -3.15. The molecule has 3 rings (SSSR count). The number of para-hydroxylation sites is 2. The summed E-state index contributed by atoms with van der Waals surface area (Å²) in [6.07, 6.45) is 0. The molecule has 1 heterocycles. The fourth-order valence-corrected chi connectivity index (χ4v) is 3.22. The van der Waals surface area contributed by atoms with E-state index in [4.69, 9.17) is 0 Å². The van der Waals surface area contributed by atoms with Crippen molar-refractivity contribution in [3.05, 3.63) is 65.0 Å². The predicted octanol–water partition coefficient (Wildman–Crippen LogP) is 2.51. The molecule has 6 nitrogen and oxygen atoms in total. The lowest BCUT2D eigenvalue weighted by atomic mass is 10.1. The van der Waals surface area contributed by atoms with E-state index < -0.39 is 0 Å². The Morgan fingerprint density at radius 2 is 1.70 bits per heavy atom. The minimum Gasteiger partial charge on any atom is -0.353 e. The van der Waals surface area contributed by atoms with Crippen molar-refractivity contribution in [1.29, 1.82) is 0 Å². The number of benzene rings is 2. The zero-order chi connectivity index (χ0) is 19.4. The van der Waals surface area contributed by atoms with Crippen LogP contribution in [0.15, 0.2) is 42.5 Å². The Morgan fingerprint density at radius 3 is 2.44 bits per heavy atom. The zero-order valence-electron chi connectivity index (χ0n) is 15.9. The van der Waals surface area contributed by atoms with E-state index in [1.165, 1.54) is 0 Å². The summed E-state index contributed by atoms with van der Waals surface area (Å²) in [7, 11) is 0. The van der Waals surface area contributed by atoms with E-state index in [0.29, 0.717) is 18.7 Å². The maximum Gasteiger partial charge on any atom is 0.251 e. The molecule has 27 heavy (non-hydrogen) atoms. The van der Waals surface area contributed by atoms with Crippen molar-refractivity contribution in [2.24, 2.45) is 0 Å². The number of amides is 2. The van der Waals surface area contributed by atoms with Crippen LogP contribution in [0.5, 0.6) is 0 Å². The number of rotatable bonds is 6. The molecule has 2 amide bonds. The standard InChI is InChI=1S/C21H24N4O2/c1-14-10-15(2)12-17(11-14)21(27)23-13-20(26)22-8-9-25-16(3)24-18-6-4-5-7-19(18)25/h4-7,10-12H,8-9,13H2,1-3H3,(H,22,26)(H,23,27). The van der Waals surface area contributed by atoms with Crippen molar-refractivity contribution < 1.29 is 9.59 Å². The maximum atomic E-state index is 12.2. The molecule has 0 unspecified atom stereocenters. The van der Waals surface area contributed by atoms with Gasteiger partial charge in [-0.15, -0.1) is 0 Å². The Bertz CT molecular complexity index is 971. The molecule has 0 fully saturated rings. The summed E-state index contributed by atoms with van der Waals surface area (Å²) in [5.74, 6) is 0.455. The zero-order valence-corrected chi connectivity index (χ0v) is 15.9. The molecule has 2 N–H and O–H groups in total. The molecule has 0 aliphatic rings. The van der Waals surface area contributed by atoms with Crippen LogP contribution in [-0.4, -0.2) is 34.5 Å². The summed E-state index contributed by atoms with van der Waals surface area (Å²) < 4.78 is 2.07. The van der Waals surface area contributed by atoms with Crippen LogP contribution in [-0.2, 0) is 11.3 Å². The summed E-state index contributed by atoms with van der Waals surface area (Å²) in [6.45, 7) is 6.89. The monoisotopic (exact) mass is 364 g/mol. The summed E-state index contributed by atoms with van der Waals surface area (Å²) >= 11 is 0. The second kappa shape index (κ2) is 8.03. The number of aryl methyl sites for hydroxylation is 3. The van der Waals surface area contributed by atoms with Crippen LogP contribution in [0.25, 0.3) is 11.0 Å². The summed E-state index contributed by atoms with van der Waals surface area (Å²) in [5, 5.41) is 5.51. The van der Waals surface area contributed by atoms with E-state index in [1.54, 1.807) is 0 Å². The molecule has 1 aromatic heterocycles. The Labute approximate surface area is 158 Å². The van der Waals surface area contributed by atoms with Crippen LogP contribution in [0.4, 0.5) is 0 Å². The lowest BCUT2D eigenvalue weighted by Gasteiger charge is -2.10. The number of hydrogen-bond acceptors (Lipinski definition) is 3. The molecule has 0 saturated carbocycles. The van der Waals surface area contributed by atoms with Gasteiger partial charge in [0.2, 0.25) is 5.91 Å². The van der Waals surface area contributed by atoms with Crippen LogP contribution in [0.2, 0.25) is 0 Å². The van der Waals surface area contributed by atoms with Crippen molar-refractivity contribution in [3.63, 3.8) is 0 Å². The van der Waals surface area contributed by atoms with E-state index in [2.05, 4.69) is 20.2 Å². The third kappa shape index (κ3) is 4.53. The van der Waals surface area contributed by atoms with Gasteiger partial charge in [-0.1, -0.05) is 29.3 Å². The first-order valence-electron chi connectivity index (χ1n) is 8.99. The highest BCUT2D eigenvalue weighted by molar-refractivity contribution is 5.96. The molecular weight excluding hydrogens is 340 g/mol. The number of aromatic nitrogens is 2. The average molecular weight is 364 g/mol. The van der Waals surface area contributed by atoms with Gasteiger partial charge < -0.3 is 15.2 Å². The molecule has 6 heteroatoms. The van der Waals surface area contributed by atoms with Crippen molar-refractivity contribution in [1.82, 2.24) is 20.2 Å². The second-order valence-electron chi connectivity index (χ2n) is 6.71. The SMILES string of the molecule is Cc1cc(C)cc(C(=O)NCC(=O)NCCn2c(C)nc3ccccc32)c1. The normalized spacial score (nSPS) is 10.8. The molecule has 2 aromatic carbocycles. The van der Waals surface area contributed by atoms with Gasteiger partial charge in [0.1, 0.15) is 5.82 Å². The van der Waals surface area contributed by atoms with Crippen LogP contribution < -0.4 is 10.6 Å². The lowest BCUT2D eigenvalue weighted by molar-refractivity contribution is -0.120. The molecule has 0 aliphatic carbocycles.